The van der Waals surface area contributed by atoms with Crippen LogP contribution in [-0.2, 0) is 6.42 Å². The number of hydrogen-bond donors (Lipinski definition) is 2. The number of nitrogens with zero attached hydrogens (tertiary/aromatic N) is 1. The van der Waals surface area contributed by atoms with Crippen LogP contribution in [0.25, 0.3) is 11.3 Å². The first kappa shape index (κ1) is 11.5. The van der Waals surface area contributed by atoms with Crippen LogP contribution in [-0.4, -0.2) is 17.3 Å². The Labute approximate surface area is 101 Å². The van der Waals surface area contributed by atoms with Crippen molar-refractivity contribution in [2.45, 2.75) is 19.8 Å². The smallest absolute Gasteiger partial charge is 0.149 e. The van der Waals surface area contributed by atoms with Gasteiger partial charge in [-0.3, -0.25) is 5.10 Å². The number of rotatable bonds is 4. The number of nitrogen functional groups attached to an aromatic ring is 1. The molecule has 2 rings (SSSR count). The molecule has 1 aromatic carbocycles. The van der Waals surface area contributed by atoms with Crippen molar-refractivity contribution < 1.29 is 4.74 Å². The molecule has 0 aliphatic carbocycles. The van der Waals surface area contributed by atoms with Crippen LogP contribution < -0.4 is 10.5 Å². The number of nitrogens with two attached hydrogens (primary N) is 1. The molecule has 90 valence electrons. The molecule has 4 heteroatoms. The normalized spacial score (nSPS) is 10.5. The zero-order chi connectivity index (χ0) is 12.3. The van der Waals surface area contributed by atoms with E-state index in [9.17, 15) is 0 Å². The molecule has 0 unspecified atom stereocenters. The molecule has 0 saturated carbocycles. The molecule has 3 N–H and O–H groups in total. The number of anilines is 1. The van der Waals surface area contributed by atoms with E-state index in [0.29, 0.717) is 5.82 Å². The Kier molecular flexibility index (Phi) is 3.32. The quantitative estimate of drug-likeness (QED) is 0.850. The summed E-state index contributed by atoms with van der Waals surface area (Å²) in [5.41, 5.74) is 8.90. The highest BCUT2D eigenvalue weighted by Crippen LogP contribution is 2.33. The highest BCUT2D eigenvalue weighted by Gasteiger charge is 2.14. The molecule has 0 aliphatic heterocycles. The molecule has 0 saturated heterocycles. The van der Waals surface area contributed by atoms with E-state index in [1.54, 1.807) is 7.11 Å². The first-order valence-electron chi connectivity index (χ1n) is 5.74. The zero-order valence-corrected chi connectivity index (χ0v) is 10.2. The topological polar surface area (TPSA) is 63.9 Å². The van der Waals surface area contributed by atoms with Gasteiger partial charge in [0.05, 0.1) is 12.8 Å². The van der Waals surface area contributed by atoms with Gasteiger partial charge in [0, 0.05) is 11.1 Å². The molecule has 0 fully saturated rings. The van der Waals surface area contributed by atoms with Crippen LogP contribution in [0, 0.1) is 0 Å². The molecule has 0 spiro atoms. The Hall–Kier alpha value is -1.97. The van der Waals surface area contributed by atoms with Crippen LogP contribution in [0.3, 0.4) is 0 Å². The average Bonchev–Trinajstić information content (AvgIpc) is 2.72. The van der Waals surface area contributed by atoms with E-state index in [0.717, 1.165) is 35.4 Å². The number of benzene rings is 1. The van der Waals surface area contributed by atoms with Crippen molar-refractivity contribution in [1.29, 1.82) is 0 Å². The van der Waals surface area contributed by atoms with Gasteiger partial charge in [0.15, 0.2) is 0 Å². The van der Waals surface area contributed by atoms with E-state index in [2.05, 4.69) is 17.1 Å². The van der Waals surface area contributed by atoms with E-state index in [-0.39, 0.29) is 0 Å². The van der Waals surface area contributed by atoms with Crippen molar-refractivity contribution in [2.75, 3.05) is 12.8 Å². The fourth-order valence-corrected chi connectivity index (χ4v) is 1.96. The lowest BCUT2D eigenvalue weighted by molar-refractivity contribution is 0.416. The second-order valence-corrected chi connectivity index (χ2v) is 3.91. The summed E-state index contributed by atoms with van der Waals surface area (Å²) in [5.74, 6) is 1.40. The first-order chi connectivity index (χ1) is 8.27. The Balaban J connectivity index is 2.52. The van der Waals surface area contributed by atoms with Gasteiger partial charge in [0.2, 0.25) is 0 Å². The van der Waals surface area contributed by atoms with Gasteiger partial charge in [0.1, 0.15) is 11.6 Å². The molecule has 1 heterocycles. The molecular formula is C13H17N3O. The SMILES string of the molecule is CCCc1c(N)n[nH]c1-c1ccccc1OC. The van der Waals surface area contributed by atoms with Crippen molar-refractivity contribution in [3.05, 3.63) is 29.8 Å². The van der Waals surface area contributed by atoms with Gasteiger partial charge in [-0.05, 0) is 18.6 Å². The Morgan fingerprint density at radius 3 is 2.82 bits per heavy atom. The number of para-hydroxylation sites is 1. The summed E-state index contributed by atoms with van der Waals surface area (Å²) in [7, 11) is 1.66. The van der Waals surface area contributed by atoms with Crippen LogP contribution in [0.2, 0.25) is 0 Å². The van der Waals surface area contributed by atoms with Crippen molar-refractivity contribution in [3.63, 3.8) is 0 Å². The van der Waals surface area contributed by atoms with E-state index in [1.165, 1.54) is 0 Å². The maximum atomic E-state index is 5.87. The summed E-state index contributed by atoms with van der Waals surface area (Å²) >= 11 is 0. The van der Waals surface area contributed by atoms with Gasteiger partial charge < -0.3 is 10.5 Å². The lowest BCUT2D eigenvalue weighted by Gasteiger charge is -2.08. The minimum atomic E-state index is 0.577. The van der Waals surface area contributed by atoms with E-state index >= 15 is 0 Å². The lowest BCUT2D eigenvalue weighted by Crippen LogP contribution is -1.94. The molecule has 2 aromatic rings. The number of aromatic amines is 1. The van der Waals surface area contributed by atoms with Crippen LogP contribution >= 0.6 is 0 Å². The average molecular weight is 231 g/mol. The van der Waals surface area contributed by atoms with Gasteiger partial charge in [0.25, 0.3) is 0 Å². The summed E-state index contributed by atoms with van der Waals surface area (Å²) in [6.45, 7) is 2.12. The van der Waals surface area contributed by atoms with Gasteiger partial charge in [-0.2, -0.15) is 5.10 Å². The Morgan fingerprint density at radius 2 is 2.12 bits per heavy atom. The van der Waals surface area contributed by atoms with Crippen LogP contribution in [0.1, 0.15) is 18.9 Å². The monoisotopic (exact) mass is 231 g/mol. The minimum Gasteiger partial charge on any atom is -0.496 e. The summed E-state index contributed by atoms with van der Waals surface area (Å²) in [6, 6.07) is 7.86. The van der Waals surface area contributed by atoms with Gasteiger partial charge in [-0.25, -0.2) is 0 Å². The van der Waals surface area contributed by atoms with Crippen molar-refractivity contribution in [3.8, 4) is 17.0 Å². The molecule has 0 atom stereocenters. The van der Waals surface area contributed by atoms with Gasteiger partial charge in [-0.15, -0.1) is 0 Å². The van der Waals surface area contributed by atoms with Gasteiger partial charge in [-0.1, -0.05) is 25.5 Å². The first-order valence-corrected chi connectivity index (χ1v) is 5.74. The number of ether oxygens (including phenoxy) is 1. The van der Waals surface area contributed by atoms with E-state index in [1.807, 2.05) is 24.3 Å². The number of H-pyrrole nitrogens is 1. The molecule has 1 aromatic heterocycles. The zero-order valence-electron chi connectivity index (χ0n) is 10.2. The van der Waals surface area contributed by atoms with Crippen LogP contribution in [0.4, 0.5) is 5.82 Å². The molecule has 17 heavy (non-hydrogen) atoms. The van der Waals surface area contributed by atoms with E-state index < -0.39 is 0 Å². The molecule has 0 aliphatic rings. The molecule has 4 nitrogen and oxygen atoms in total. The maximum absolute atomic E-state index is 5.87. The highest BCUT2D eigenvalue weighted by molar-refractivity contribution is 5.73. The van der Waals surface area contributed by atoms with Crippen LogP contribution in [0.15, 0.2) is 24.3 Å². The predicted octanol–water partition coefficient (Wildman–Crippen LogP) is 2.62. The second kappa shape index (κ2) is 4.91. The fourth-order valence-electron chi connectivity index (χ4n) is 1.96. The minimum absolute atomic E-state index is 0.577. The second-order valence-electron chi connectivity index (χ2n) is 3.91. The lowest BCUT2D eigenvalue weighted by atomic mass is 10.0. The maximum Gasteiger partial charge on any atom is 0.149 e. The van der Waals surface area contributed by atoms with E-state index in [4.69, 9.17) is 10.5 Å². The molecule has 0 amide bonds. The summed E-state index contributed by atoms with van der Waals surface area (Å²) < 4.78 is 5.35. The predicted molar refractivity (Wildman–Crippen MR) is 69.0 cm³/mol. The largest absolute Gasteiger partial charge is 0.496 e. The fraction of sp³-hybridized carbons (Fsp3) is 0.308. The number of nitrogens with one attached hydrogen (secondary N) is 1. The third-order valence-electron chi connectivity index (χ3n) is 2.78. The third kappa shape index (κ3) is 2.11. The number of aromatic nitrogens is 2. The molecule has 0 bridgehead atoms. The summed E-state index contributed by atoms with van der Waals surface area (Å²) in [5, 5.41) is 7.08. The summed E-state index contributed by atoms with van der Waals surface area (Å²) in [4.78, 5) is 0. The third-order valence-corrected chi connectivity index (χ3v) is 2.78. The Bertz CT molecular complexity index is 505. The van der Waals surface area contributed by atoms with Crippen molar-refractivity contribution >= 4 is 5.82 Å². The number of hydrogen-bond acceptors (Lipinski definition) is 3. The number of methoxy groups -OCH3 is 1. The standard InChI is InChI=1S/C13H17N3O/c1-3-6-10-12(15-16-13(10)14)9-7-4-5-8-11(9)17-2/h4-5,7-8H,3,6H2,1-2H3,(H3,14,15,16). The van der Waals surface area contributed by atoms with Crippen molar-refractivity contribution in [1.82, 2.24) is 10.2 Å². The Morgan fingerprint density at radius 1 is 1.35 bits per heavy atom. The highest BCUT2D eigenvalue weighted by atomic mass is 16.5. The molecular weight excluding hydrogens is 214 g/mol. The summed E-state index contributed by atoms with van der Waals surface area (Å²) in [6.07, 6.45) is 1.95. The van der Waals surface area contributed by atoms with Crippen molar-refractivity contribution in [2.24, 2.45) is 0 Å². The van der Waals surface area contributed by atoms with Crippen LogP contribution in [0.5, 0.6) is 5.75 Å². The molecule has 0 radical (unpaired) electrons. The van der Waals surface area contributed by atoms with Gasteiger partial charge >= 0.3 is 0 Å².